The minimum Gasteiger partial charge on any atom is -0.316 e. The maximum Gasteiger partial charge on any atom is 0.0102 e. The average molecular weight is 200 g/mol. The molecule has 2 heteroatoms. The molecule has 0 saturated heterocycles. The van der Waals surface area contributed by atoms with Crippen molar-refractivity contribution < 1.29 is 0 Å². The van der Waals surface area contributed by atoms with Crippen molar-refractivity contribution in [2.45, 2.75) is 46.6 Å². The van der Waals surface area contributed by atoms with Crippen LogP contribution in [0.3, 0.4) is 0 Å². The predicted molar refractivity (Wildman–Crippen MR) is 64.7 cm³/mol. The lowest BCUT2D eigenvalue weighted by Crippen LogP contribution is -2.39. The van der Waals surface area contributed by atoms with E-state index in [0.29, 0.717) is 6.04 Å². The third kappa shape index (κ3) is 5.61. The van der Waals surface area contributed by atoms with E-state index in [1.165, 1.54) is 19.4 Å². The summed E-state index contributed by atoms with van der Waals surface area (Å²) >= 11 is 0. The molecule has 86 valence electrons. The van der Waals surface area contributed by atoms with Gasteiger partial charge in [-0.15, -0.1) is 0 Å². The first-order chi connectivity index (χ1) is 6.63. The summed E-state index contributed by atoms with van der Waals surface area (Å²) in [7, 11) is 2.23. The molecule has 0 fully saturated rings. The Morgan fingerprint density at radius 3 is 2.29 bits per heavy atom. The lowest BCUT2D eigenvalue weighted by molar-refractivity contribution is 0.196. The van der Waals surface area contributed by atoms with Gasteiger partial charge >= 0.3 is 0 Å². The van der Waals surface area contributed by atoms with E-state index >= 15 is 0 Å². The number of hydrogen-bond donors (Lipinski definition) is 1. The fourth-order valence-electron chi connectivity index (χ4n) is 1.67. The quantitative estimate of drug-likeness (QED) is 0.605. The Balaban J connectivity index is 3.68. The highest BCUT2D eigenvalue weighted by atomic mass is 15.1. The summed E-state index contributed by atoms with van der Waals surface area (Å²) in [5, 5.41) is 3.49. The molecule has 0 amide bonds. The molecule has 0 aliphatic rings. The number of rotatable bonds is 8. The Morgan fingerprint density at radius 2 is 1.79 bits per heavy atom. The second kappa shape index (κ2) is 8.25. The van der Waals surface area contributed by atoms with Crippen LogP contribution in [0.25, 0.3) is 0 Å². The first-order valence-corrected chi connectivity index (χ1v) is 6.04. The second-order valence-corrected chi connectivity index (χ2v) is 4.40. The lowest BCUT2D eigenvalue weighted by atomic mass is 10.0. The monoisotopic (exact) mass is 200 g/mol. The Hall–Kier alpha value is -0.0800. The molecule has 2 atom stereocenters. The van der Waals surface area contributed by atoms with Crippen LogP contribution in [0.15, 0.2) is 0 Å². The van der Waals surface area contributed by atoms with Gasteiger partial charge in [0.15, 0.2) is 0 Å². The van der Waals surface area contributed by atoms with Gasteiger partial charge in [-0.3, -0.25) is 0 Å². The lowest BCUT2D eigenvalue weighted by Gasteiger charge is -2.29. The molecule has 1 N–H and O–H groups in total. The summed E-state index contributed by atoms with van der Waals surface area (Å²) in [4.78, 5) is 2.46. The molecule has 2 unspecified atom stereocenters. The van der Waals surface area contributed by atoms with Gasteiger partial charge in [-0.05, 0) is 52.4 Å². The maximum atomic E-state index is 3.49. The Bertz CT molecular complexity index is 125. The SMILES string of the molecule is CCCNCC(C)C(C)N(C)CCC. The number of hydrogen-bond acceptors (Lipinski definition) is 2. The molecule has 0 aromatic carbocycles. The normalized spacial score (nSPS) is 15.9. The van der Waals surface area contributed by atoms with Crippen molar-refractivity contribution in [3.63, 3.8) is 0 Å². The fraction of sp³-hybridized carbons (Fsp3) is 1.00. The molecule has 2 nitrogen and oxygen atoms in total. The average Bonchev–Trinajstić information content (AvgIpc) is 2.17. The molecule has 0 radical (unpaired) electrons. The van der Waals surface area contributed by atoms with E-state index in [1.54, 1.807) is 0 Å². The Kier molecular flexibility index (Phi) is 8.20. The van der Waals surface area contributed by atoms with Crippen LogP contribution >= 0.6 is 0 Å². The highest BCUT2D eigenvalue weighted by Gasteiger charge is 2.15. The van der Waals surface area contributed by atoms with E-state index in [9.17, 15) is 0 Å². The zero-order chi connectivity index (χ0) is 11.0. The summed E-state index contributed by atoms with van der Waals surface area (Å²) < 4.78 is 0. The molecule has 0 aromatic rings. The maximum absolute atomic E-state index is 3.49. The highest BCUT2D eigenvalue weighted by molar-refractivity contribution is 4.71. The largest absolute Gasteiger partial charge is 0.316 e. The zero-order valence-electron chi connectivity index (χ0n) is 10.6. The Labute approximate surface area is 90.1 Å². The van der Waals surface area contributed by atoms with E-state index in [-0.39, 0.29) is 0 Å². The van der Waals surface area contributed by atoms with Crippen molar-refractivity contribution in [2.24, 2.45) is 5.92 Å². The second-order valence-electron chi connectivity index (χ2n) is 4.40. The van der Waals surface area contributed by atoms with Crippen molar-refractivity contribution in [3.05, 3.63) is 0 Å². The van der Waals surface area contributed by atoms with Gasteiger partial charge in [0.05, 0.1) is 0 Å². The van der Waals surface area contributed by atoms with Crippen molar-refractivity contribution in [3.8, 4) is 0 Å². The molecular weight excluding hydrogens is 172 g/mol. The van der Waals surface area contributed by atoms with Crippen molar-refractivity contribution in [1.29, 1.82) is 0 Å². The molecule has 0 saturated carbocycles. The zero-order valence-corrected chi connectivity index (χ0v) is 10.6. The van der Waals surface area contributed by atoms with Gasteiger partial charge in [0.1, 0.15) is 0 Å². The van der Waals surface area contributed by atoms with Crippen LogP contribution in [-0.2, 0) is 0 Å². The topological polar surface area (TPSA) is 15.3 Å². The summed E-state index contributed by atoms with van der Waals surface area (Å²) in [5.74, 6) is 0.734. The van der Waals surface area contributed by atoms with Crippen LogP contribution < -0.4 is 5.32 Å². The minimum absolute atomic E-state index is 0.680. The van der Waals surface area contributed by atoms with Gasteiger partial charge < -0.3 is 10.2 Å². The molecule has 0 heterocycles. The van der Waals surface area contributed by atoms with Crippen molar-refractivity contribution in [1.82, 2.24) is 10.2 Å². The smallest absolute Gasteiger partial charge is 0.0102 e. The number of nitrogens with one attached hydrogen (secondary N) is 1. The van der Waals surface area contributed by atoms with Crippen LogP contribution in [-0.4, -0.2) is 37.6 Å². The summed E-state index contributed by atoms with van der Waals surface area (Å²) in [6.45, 7) is 12.6. The van der Waals surface area contributed by atoms with Crippen LogP contribution in [0.5, 0.6) is 0 Å². The minimum atomic E-state index is 0.680. The first kappa shape index (κ1) is 13.9. The fourth-order valence-corrected chi connectivity index (χ4v) is 1.67. The molecule has 0 bridgehead atoms. The summed E-state index contributed by atoms with van der Waals surface area (Å²) in [6, 6.07) is 0.680. The molecule has 0 rings (SSSR count). The standard InChI is InChI=1S/C12H28N2/c1-6-8-13-10-11(3)12(4)14(5)9-7-2/h11-13H,6-10H2,1-5H3. The van der Waals surface area contributed by atoms with Gasteiger partial charge in [0.2, 0.25) is 0 Å². The van der Waals surface area contributed by atoms with Gasteiger partial charge in [-0.2, -0.15) is 0 Å². The van der Waals surface area contributed by atoms with Gasteiger partial charge in [0, 0.05) is 6.04 Å². The molecule has 0 spiro atoms. The van der Waals surface area contributed by atoms with Gasteiger partial charge in [0.25, 0.3) is 0 Å². The van der Waals surface area contributed by atoms with E-state index in [0.717, 1.165) is 19.0 Å². The number of nitrogens with zero attached hydrogens (tertiary/aromatic N) is 1. The van der Waals surface area contributed by atoms with Crippen LogP contribution in [0.2, 0.25) is 0 Å². The molecule has 0 aliphatic carbocycles. The predicted octanol–water partition coefficient (Wildman–Crippen LogP) is 2.35. The van der Waals surface area contributed by atoms with E-state index < -0.39 is 0 Å². The summed E-state index contributed by atoms with van der Waals surface area (Å²) in [5.41, 5.74) is 0. The van der Waals surface area contributed by atoms with Gasteiger partial charge in [-0.1, -0.05) is 20.8 Å². The van der Waals surface area contributed by atoms with Crippen molar-refractivity contribution >= 4 is 0 Å². The van der Waals surface area contributed by atoms with Gasteiger partial charge in [-0.25, -0.2) is 0 Å². The third-order valence-corrected chi connectivity index (χ3v) is 2.99. The highest BCUT2D eigenvalue weighted by Crippen LogP contribution is 2.08. The molecule has 0 aromatic heterocycles. The third-order valence-electron chi connectivity index (χ3n) is 2.99. The van der Waals surface area contributed by atoms with Crippen LogP contribution in [0.1, 0.15) is 40.5 Å². The van der Waals surface area contributed by atoms with Crippen LogP contribution in [0.4, 0.5) is 0 Å². The van der Waals surface area contributed by atoms with E-state index in [4.69, 9.17) is 0 Å². The van der Waals surface area contributed by atoms with E-state index in [2.05, 4.69) is 45.0 Å². The molecular formula is C12H28N2. The molecule has 0 aliphatic heterocycles. The molecule has 14 heavy (non-hydrogen) atoms. The first-order valence-electron chi connectivity index (χ1n) is 6.04. The van der Waals surface area contributed by atoms with Crippen molar-refractivity contribution in [2.75, 3.05) is 26.7 Å². The van der Waals surface area contributed by atoms with Crippen LogP contribution in [0, 0.1) is 5.92 Å². The van der Waals surface area contributed by atoms with E-state index in [1.807, 2.05) is 0 Å². The Morgan fingerprint density at radius 1 is 1.14 bits per heavy atom. The summed E-state index contributed by atoms with van der Waals surface area (Å²) in [6.07, 6.45) is 2.47.